The summed E-state index contributed by atoms with van der Waals surface area (Å²) >= 11 is 0. The fourth-order valence-corrected chi connectivity index (χ4v) is 1.81. The minimum atomic E-state index is -1.28. The van der Waals surface area contributed by atoms with Crippen molar-refractivity contribution in [2.24, 2.45) is 0 Å². The summed E-state index contributed by atoms with van der Waals surface area (Å²) in [4.78, 5) is 39.2. The van der Waals surface area contributed by atoms with Crippen molar-refractivity contribution in [3.8, 4) is 0 Å². The number of nitrogens with one attached hydrogen (secondary N) is 1. The van der Waals surface area contributed by atoms with Gasteiger partial charge in [0.1, 0.15) is 23.6 Å². The van der Waals surface area contributed by atoms with E-state index < -0.39 is 35.4 Å². The molecule has 9 nitrogen and oxygen atoms in total. The molecule has 0 aromatic carbocycles. The molecule has 2 N–H and O–H groups in total. The molecule has 0 fully saturated rings. The third-order valence-corrected chi connectivity index (χ3v) is 2.71. The van der Waals surface area contributed by atoms with Gasteiger partial charge in [-0.15, -0.1) is 0 Å². The lowest BCUT2D eigenvalue weighted by molar-refractivity contribution is -0.139. The van der Waals surface area contributed by atoms with Gasteiger partial charge in [0, 0.05) is 12.6 Å². The number of nitrogens with zero attached hydrogens (tertiary/aromatic N) is 2. The van der Waals surface area contributed by atoms with Crippen molar-refractivity contribution in [3.63, 3.8) is 0 Å². The van der Waals surface area contributed by atoms with Crippen LogP contribution in [-0.2, 0) is 20.7 Å². The van der Waals surface area contributed by atoms with Crippen LogP contribution in [0, 0.1) is 0 Å². The second-order valence-electron chi connectivity index (χ2n) is 7.48. The van der Waals surface area contributed by atoms with Crippen molar-refractivity contribution in [2.75, 3.05) is 0 Å². The molecule has 0 aliphatic heterocycles. The topological polar surface area (TPSA) is 120 Å². The van der Waals surface area contributed by atoms with Crippen LogP contribution in [0.15, 0.2) is 12.5 Å². The second kappa shape index (κ2) is 7.54. The number of aliphatic carboxylic acids is 1. The smallest absolute Gasteiger partial charge is 0.420 e. The van der Waals surface area contributed by atoms with E-state index in [0.29, 0.717) is 0 Å². The minimum Gasteiger partial charge on any atom is -0.480 e. The van der Waals surface area contributed by atoms with Gasteiger partial charge < -0.3 is 19.9 Å². The van der Waals surface area contributed by atoms with Gasteiger partial charge in [-0.1, -0.05) is 0 Å². The molecule has 0 aliphatic rings. The number of hydrogen-bond donors (Lipinski definition) is 2. The summed E-state index contributed by atoms with van der Waals surface area (Å²) in [5, 5.41) is 11.6. The maximum absolute atomic E-state index is 12.1. The van der Waals surface area contributed by atoms with Crippen molar-refractivity contribution in [2.45, 2.75) is 65.2 Å². The van der Waals surface area contributed by atoms with E-state index in [2.05, 4.69) is 10.3 Å². The maximum Gasteiger partial charge on any atom is 0.420 e. The van der Waals surface area contributed by atoms with Gasteiger partial charge in [-0.05, 0) is 41.5 Å². The van der Waals surface area contributed by atoms with Crippen molar-refractivity contribution in [1.82, 2.24) is 14.9 Å². The van der Waals surface area contributed by atoms with Crippen LogP contribution in [0.1, 0.15) is 47.2 Å². The average molecular weight is 355 g/mol. The first kappa shape index (κ1) is 20.5. The Morgan fingerprint density at radius 1 is 1.16 bits per heavy atom. The third kappa shape index (κ3) is 7.23. The molecule has 0 saturated carbocycles. The number of hydrogen-bond acceptors (Lipinski definition) is 6. The summed E-state index contributed by atoms with van der Waals surface area (Å²) in [5.41, 5.74) is -1.18. The first-order valence-corrected chi connectivity index (χ1v) is 7.75. The molecule has 140 valence electrons. The van der Waals surface area contributed by atoms with E-state index in [1.165, 1.54) is 12.5 Å². The average Bonchev–Trinajstić information content (AvgIpc) is 2.81. The number of carboxylic acids is 1. The number of rotatable bonds is 4. The predicted molar refractivity (Wildman–Crippen MR) is 88.4 cm³/mol. The van der Waals surface area contributed by atoms with Gasteiger partial charge >= 0.3 is 18.2 Å². The Morgan fingerprint density at radius 2 is 1.72 bits per heavy atom. The molecule has 0 saturated heterocycles. The zero-order valence-corrected chi connectivity index (χ0v) is 15.3. The summed E-state index contributed by atoms with van der Waals surface area (Å²) in [7, 11) is 0. The SMILES string of the molecule is CC(C)(C)OC(=O)N[C@@H](Cc1cncn1C(=O)OC(C)(C)C)C(=O)O. The highest BCUT2D eigenvalue weighted by atomic mass is 16.6. The van der Waals surface area contributed by atoms with Gasteiger partial charge in [0.15, 0.2) is 0 Å². The standard InChI is InChI=1S/C16H25N3O6/c1-15(2,3)24-13(22)18-11(12(20)21)7-10-8-17-9-19(10)14(23)25-16(4,5)6/h8-9,11H,7H2,1-6H3,(H,18,22)(H,20,21)/t11-/m0/s1. The van der Waals surface area contributed by atoms with Gasteiger partial charge in [0.05, 0.1) is 5.69 Å². The first-order chi connectivity index (χ1) is 11.3. The Morgan fingerprint density at radius 3 is 2.20 bits per heavy atom. The van der Waals surface area contributed by atoms with Crippen molar-refractivity contribution in [1.29, 1.82) is 0 Å². The van der Waals surface area contributed by atoms with Crippen LogP contribution in [0.4, 0.5) is 9.59 Å². The van der Waals surface area contributed by atoms with Crippen LogP contribution in [0.5, 0.6) is 0 Å². The van der Waals surface area contributed by atoms with E-state index in [0.717, 1.165) is 4.57 Å². The van der Waals surface area contributed by atoms with Gasteiger partial charge in [0.2, 0.25) is 0 Å². The van der Waals surface area contributed by atoms with Crippen molar-refractivity contribution in [3.05, 3.63) is 18.2 Å². The molecule has 9 heteroatoms. The Kier molecular flexibility index (Phi) is 6.17. The van der Waals surface area contributed by atoms with Gasteiger partial charge in [-0.25, -0.2) is 23.9 Å². The highest BCUT2D eigenvalue weighted by Crippen LogP contribution is 2.12. The number of ether oxygens (including phenoxy) is 2. The summed E-state index contributed by atoms with van der Waals surface area (Å²) < 4.78 is 11.4. The molecule has 1 rings (SSSR count). The van der Waals surface area contributed by atoms with Crippen LogP contribution >= 0.6 is 0 Å². The molecule has 1 atom stereocenters. The molecule has 0 bridgehead atoms. The minimum absolute atomic E-state index is 0.159. The highest BCUT2D eigenvalue weighted by Gasteiger charge is 2.27. The van der Waals surface area contributed by atoms with E-state index in [1.807, 2.05) is 0 Å². The monoisotopic (exact) mass is 355 g/mol. The molecule has 0 radical (unpaired) electrons. The molecular weight excluding hydrogens is 330 g/mol. The Bertz CT molecular complexity index is 639. The van der Waals surface area contributed by atoms with E-state index in [-0.39, 0.29) is 12.1 Å². The zero-order valence-electron chi connectivity index (χ0n) is 15.3. The molecule has 1 amide bonds. The fourth-order valence-electron chi connectivity index (χ4n) is 1.81. The van der Waals surface area contributed by atoms with Crippen molar-refractivity contribution >= 4 is 18.2 Å². The van der Waals surface area contributed by atoms with E-state index >= 15 is 0 Å². The molecule has 0 spiro atoms. The van der Waals surface area contributed by atoms with Crippen LogP contribution in [-0.4, -0.2) is 50.1 Å². The van der Waals surface area contributed by atoms with Gasteiger partial charge in [-0.2, -0.15) is 0 Å². The second-order valence-corrected chi connectivity index (χ2v) is 7.48. The van der Waals surface area contributed by atoms with Crippen LogP contribution in [0.3, 0.4) is 0 Å². The van der Waals surface area contributed by atoms with Gasteiger partial charge in [-0.3, -0.25) is 0 Å². The van der Waals surface area contributed by atoms with Crippen LogP contribution in [0.25, 0.3) is 0 Å². The van der Waals surface area contributed by atoms with Crippen molar-refractivity contribution < 1.29 is 29.0 Å². The third-order valence-electron chi connectivity index (χ3n) is 2.71. The molecule has 1 aromatic heterocycles. The lowest BCUT2D eigenvalue weighted by Crippen LogP contribution is -2.45. The lowest BCUT2D eigenvalue weighted by Gasteiger charge is -2.22. The molecule has 1 aromatic rings. The molecular formula is C16H25N3O6. The summed E-state index contributed by atoms with van der Waals surface area (Å²) in [5.74, 6) is -1.26. The number of aromatic nitrogens is 2. The predicted octanol–water partition coefficient (Wildman–Crippen LogP) is 2.19. The summed E-state index contributed by atoms with van der Waals surface area (Å²) in [6, 6.07) is -1.28. The molecule has 1 heterocycles. The lowest BCUT2D eigenvalue weighted by atomic mass is 10.1. The number of amides is 1. The number of alkyl carbamates (subject to hydrolysis) is 1. The van der Waals surface area contributed by atoms with E-state index in [4.69, 9.17) is 9.47 Å². The summed E-state index contributed by atoms with van der Waals surface area (Å²) in [6.07, 6.45) is 0.880. The maximum atomic E-state index is 12.1. The van der Waals surface area contributed by atoms with Crippen LogP contribution in [0.2, 0.25) is 0 Å². The van der Waals surface area contributed by atoms with E-state index in [1.54, 1.807) is 41.5 Å². The Balaban J connectivity index is 2.87. The van der Waals surface area contributed by atoms with Gasteiger partial charge in [0.25, 0.3) is 0 Å². The van der Waals surface area contributed by atoms with E-state index in [9.17, 15) is 19.5 Å². The summed E-state index contributed by atoms with van der Waals surface area (Å²) in [6.45, 7) is 10.1. The number of carboxylic acid groups (broad SMARTS) is 1. The normalized spacial score (nSPS) is 13.0. The largest absolute Gasteiger partial charge is 0.480 e. The molecule has 0 unspecified atom stereocenters. The molecule has 25 heavy (non-hydrogen) atoms. The fraction of sp³-hybridized carbons (Fsp3) is 0.625. The number of carbonyl (C=O) groups is 3. The Hall–Kier alpha value is -2.58. The highest BCUT2D eigenvalue weighted by molar-refractivity contribution is 5.80. The quantitative estimate of drug-likeness (QED) is 0.849. The first-order valence-electron chi connectivity index (χ1n) is 7.75. The Labute approximate surface area is 146 Å². The zero-order chi connectivity index (χ0) is 19.4. The number of carbonyl (C=O) groups excluding carboxylic acids is 2. The molecule has 0 aliphatic carbocycles. The number of imidazole rings is 1. The van der Waals surface area contributed by atoms with Crippen LogP contribution < -0.4 is 5.32 Å².